The van der Waals surface area contributed by atoms with E-state index in [1.807, 2.05) is 52.0 Å². The van der Waals surface area contributed by atoms with Crippen molar-refractivity contribution in [1.29, 1.82) is 0 Å². The van der Waals surface area contributed by atoms with Crippen LogP contribution in [-0.2, 0) is 14.8 Å². The van der Waals surface area contributed by atoms with E-state index in [0.29, 0.717) is 12.1 Å². The Balaban J connectivity index is 2.28. The fraction of sp³-hybridized carbons (Fsp3) is 0.381. The maximum absolute atomic E-state index is 13.0. The van der Waals surface area contributed by atoms with Crippen LogP contribution in [0, 0.1) is 13.8 Å². The molecular weight excluding hydrogens is 360 g/mol. The Hall–Kier alpha value is -2.34. The van der Waals surface area contributed by atoms with Crippen LogP contribution in [0.25, 0.3) is 0 Å². The number of hydrogen-bond acceptors (Lipinski definition) is 3. The SMILES string of the molecule is CCC(C(=O)NC(C)c1ccc(C)c(C)c1)N(c1ccccc1)S(C)(=O)=O. The molecule has 2 aromatic rings. The first-order valence-electron chi connectivity index (χ1n) is 9.07. The molecule has 2 unspecified atom stereocenters. The second kappa shape index (κ2) is 8.57. The highest BCUT2D eigenvalue weighted by Gasteiger charge is 2.32. The zero-order chi connectivity index (χ0) is 20.2. The zero-order valence-corrected chi connectivity index (χ0v) is 17.4. The number of hydrogen-bond donors (Lipinski definition) is 1. The van der Waals surface area contributed by atoms with E-state index in [1.165, 1.54) is 9.87 Å². The molecule has 0 saturated carbocycles. The number of aryl methyl sites for hydroxylation is 2. The third kappa shape index (κ3) is 5.10. The Labute approximate surface area is 162 Å². The number of para-hydroxylation sites is 1. The molecule has 1 N–H and O–H groups in total. The van der Waals surface area contributed by atoms with Crippen LogP contribution in [-0.4, -0.2) is 26.6 Å². The van der Waals surface area contributed by atoms with E-state index >= 15 is 0 Å². The number of carbonyl (C=O) groups is 1. The monoisotopic (exact) mass is 388 g/mol. The quantitative estimate of drug-likeness (QED) is 0.786. The van der Waals surface area contributed by atoms with Gasteiger partial charge in [0.1, 0.15) is 6.04 Å². The van der Waals surface area contributed by atoms with Crippen LogP contribution in [0.4, 0.5) is 5.69 Å². The Morgan fingerprint density at radius 2 is 1.70 bits per heavy atom. The van der Waals surface area contributed by atoms with E-state index in [1.54, 1.807) is 24.3 Å². The number of amides is 1. The highest BCUT2D eigenvalue weighted by molar-refractivity contribution is 7.92. The normalized spacial score (nSPS) is 13.7. The van der Waals surface area contributed by atoms with E-state index in [0.717, 1.165) is 17.4 Å². The van der Waals surface area contributed by atoms with Gasteiger partial charge >= 0.3 is 0 Å². The van der Waals surface area contributed by atoms with Gasteiger partial charge in [-0.1, -0.05) is 43.3 Å². The van der Waals surface area contributed by atoms with Gasteiger partial charge in [-0.2, -0.15) is 0 Å². The lowest BCUT2D eigenvalue weighted by atomic mass is 10.0. The van der Waals surface area contributed by atoms with Gasteiger partial charge in [-0.25, -0.2) is 8.42 Å². The van der Waals surface area contributed by atoms with Crippen LogP contribution < -0.4 is 9.62 Å². The molecular formula is C21H28N2O3S. The first-order chi connectivity index (χ1) is 12.6. The first kappa shape index (κ1) is 21.0. The minimum absolute atomic E-state index is 0.219. The lowest BCUT2D eigenvalue weighted by Gasteiger charge is -2.31. The third-order valence-electron chi connectivity index (χ3n) is 4.73. The molecule has 0 aliphatic rings. The number of nitrogens with zero attached hydrogens (tertiary/aromatic N) is 1. The molecule has 6 heteroatoms. The minimum Gasteiger partial charge on any atom is -0.348 e. The second-order valence-electron chi connectivity index (χ2n) is 6.89. The smallest absolute Gasteiger partial charge is 0.244 e. The average molecular weight is 389 g/mol. The molecule has 0 aliphatic heterocycles. The standard InChI is InChI=1S/C21H28N2O3S/c1-6-20(23(27(5,25)26)19-10-8-7-9-11-19)21(24)22-17(4)18-13-12-15(2)16(3)14-18/h7-14,17,20H,6H2,1-5H3,(H,22,24). The van der Waals surface area contributed by atoms with E-state index in [4.69, 9.17) is 0 Å². The van der Waals surface area contributed by atoms with Gasteiger partial charge < -0.3 is 5.32 Å². The predicted octanol–water partition coefficient (Wildman–Crippen LogP) is 3.73. The van der Waals surface area contributed by atoms with Crippen molar-refractivity contribution >= 4 is 21.6 Å². The maximum Gasteiger partial charge on any atom is 0.244 e. The van der Waals surface area contributed by atoms with Gasteiger partial charge in [0, 0.05) is 0 Å². The summed E-state index contributed by atoms with van der Waals surface area (Å²) in [5.74, 6) is -0.308. The fourth-order valence-corrected chi connectivity index (χ4v) is 4.27. The lowest BCUT2D eigenvalue weighted by molar-refractivity contribution is -0.122. The van der Waals surface area contributed by atoms with Crippen LogP contribution in [0.3, 0.4) is 0 Å². The van der Waals surface area contributed by atoms with Gasteiger partial charge in [0.05, 0.1) is 18.0 Å². The van der Waals surface area contributed by atoms with E-state index in [2.05, 4.69) is 5.32 Å². The van der Waals surface area contributed by atoms with E-state index < -0.39 is 16.1 Å². The average Bonchev–Trinajstić information content (AvgIpc) is 2.61. The third-order valence-corrected chi connectivity index (χ3v) is 5.91. The molecule has 0 heterocycles. The molecule has 5 nitrogen and oxygen atoms in total. The predicted molar refractivity (Wildman–Crippen MR) is 110 cm³/mol. The summed E-state index contributed by atoms with van der Waals surface area (Å²) >= 11 is 0. The molecule has 2 atom stereocenters. The summed E-state index contributed by atoms with van der Waals surface area (Å²) in [4.78, 5) is 13.0. The first-order valence-corrected chi connectivity index (χ1v) is 10.9. The Bertz CT molecular complexity index is 895. The minimum atomic E-state index is -3.61. The number of carbonyl (C=O) groups excluding carboxylic acids is 1. The molecule has 0 bridgehead atoms. The molecule has 0 spiro atoms. The van der Waals surface area contributed by atoms with Crippen molar-refractivity contribution in [2.45, 2.75) is 46.2 Å². The van der Waals surface area contributed by atoms with Crippen molar-refractivity contribution in [1.82, 2.24) is 5.32 Å². The molecule has 0 fully saturated rings. The maximum atomic E-state index is 13.0. The van der Waals surface area contributed by atoms with Crippen LogP contribution in [0.2, 0.25) is 0 Å². The number of anilines is 1. The Morgan fingerprint density at radius 1 is 1.07 bits per heavy atom. The summed E-state index contributed by atoms with van der Waals surface area (Å²) in [6, 6.07) is 13.8. The van der Waals surface area contributed by atoms with Gasteiger partial charge in [-0.05, 0) is 56.0 Å². The highest BCUT2D eigenvalue weighted by atomic mass is 32.2. The summed E-state index contributed by atoms with van der Waals surface area (Å²) in [6.07, 6.45) is 1.50. The van der Waals surface area contributed by atoms with E-state index in [9.17, 15) is 13.2 Å². The molecule has 1 amide bonds. The Kier molecular flexibility index (Phi) is 6.65. The summed E-state index contributed by atoms with van der Waals surface area (Å²) < 4.78 is 26.0. The Morgan fingerprint density at radius 3 is 2.22 bits per heavy atom. The van der Waals surface area contributed by atoms with Crippen molar-refractivity contribution in [2.75, 3.05) is 10.6 Å². The summed E-state index contributed by atoms with van der Waals surface area (Å²) in [5.41, 5.74) is 3.83. The van der Waals surface area contributed by atoms with Crippen LogP contribution in [0.15, 0.2) is 48.5 Å². The topological polar surface area (TPSA) is 66.5 Å². The van der Waals surface area contributed by atoms with Gasteiger partial charge in [-0.15, -0.1) is 0 Å². The molecule has 146 valence electrons. The summed E-state index contributed by atoms with van der Waals surface area (Å²) in [7, 11) is -3.61. The lowest BCUT2D eigenvalue weighted by Crippen LogP contribution is -2.49. The summed E-state index contributed by atoms with van der Waals surface area (Å²) in [6.45, 7) is 7.79. The van der Waals surface area contributed by atoms with E-state index in [-0.39, 0.29) is 11.9 Å². The number of benzene rings is 2. The molecule has 0 radical (unpaired) electrons. The van der Waals surface area contributed by atoms with Gasteiger partial charge in [0.15, 0.2) is 0 Å². The van der Waals surface area contributed by atoms with Gasteiger partial charge in [0.2, 0.25) is 15.9 Å². The molecule has 0 saturated heterocycles. The van der Waals surface area contributed by atoms with Crippen molar-refractivity contribution in [3.63, 3.8) is 0 Å². The number of nitrogens with one attached hydrogen (secondary N) is 1. The molecule has 2 aromatic carbocycles. The van der Waals surface area contributed by atoms with Crippen LogP contribution >= 0.6 is 0 Å². The largest absolute Gasteiger partial charge is 0.348 e. The molecule has 2 rings (SSSR count). The van der Waals surface area contributed by atoms with Gasteiger partial charge in [0.25, 0.3) is 0 Å². The van der Waals surface area contributed by atoms with Crippen molar-refractivity contribution < 1.29 is 13.2 Å². The van der Waals surface area contributed by atoms with Crippen LogP contribution in [0.1, 0.15) is 43.0 Å². The van der Waals surface area contributed by atoms with Crippen molar-refractivity contribution in [3.8, 4) is 0 Å². The molecule has 0 aromatic heterocycles. The second-order valence-corrected chi connectivity index (χ2v) is 8.75. The zero-order valence-electron chi connectivity index (χ0n) is 16.6. The van der Waals surface area contributed by atoms with Crippen molar-refractivity contribution in [2.24, 2.45) is 0 Å². The fourth-order valence-electron chi connectivity index (χ4n) is 3.06. The number of sulfonamides is 1. The molecule has 0 aliphatic carbocycles. The van der Waals surface area contributed by atoms with Crippen LogP contribution in [0.5, 0.6) is 0 Å². The molecule has 27 heavy (non-hydrogen) atoms. The van der Waals surface area contributed by atoms with Crippen molar-refractivity contribution in [3.05, 3.63) is 65.2 Å². The van der Waals surface area contributed by atoms with Gasteiger partial charge in [-0.3, -0.25) is 9.10 Å². The highest BCUT2D eigenvalue weighted by Crippen LogP contribution is 2.23. The summed E-state index contributed by atoms with van der Waals surface area (Å²) in [5, 5.41) is 2.97. The number of rotatable bonds is 7.